The third-order valence-corrected chi connectivity index (χ3v) is 1.26. The minimum atomic E-state index is -2.42. The van der Waals surface area contributed by atoms with E-state index >= 15 is 0 Å². The highest BCUT2D eigenvalue weighted by Crippen LogP contribution is 2.17. The Balaban J connectivity index is 3.03. The number of hydrogen-bond acceptors (Lipinski definition) is 1. The maximum Gasteiger partial charge on any atom is 0.280 e. The molecule has 1 heterocycles. The van der Waals surface area contributed by atoms with Gasteiger partial charge in [0.2, 0.25) is 0 Å². The molecule has 0 saturated heterocycles. The van der Waals surface area contributed by atoms with Gasteiger partial charge in [0.15, 0.2) is 0 Å². The molecule has 56 valence electrons. The number of halogens is 2. The van der Waals surface area contributed by atoms with Crippen LogP contribution in [0, 0.1) is 6.92 Å². The molecular weight excluding hydrogens is 138 g/mol. The summed E-state index contributed by atoms with van der Waals surface area (Å²) in [6.07, 6.45) is -2.42. The van der Waals surface area contributed by atoms with Crippen LogP contribution in [0.15, 0.2) is 6.07 Å². The summed E-state index contributed by atoms with van der Waals surface area (Å²) < 4.78 is 25.2. The van der Waals surface area contributed by atoms with Crippen LogP contribution in [0.3, 0.4) is 0 Å². The van der Waals surface area contributed by atoms with Gasteiger partial charge in [-0.25, -0.2) is 8.78 Å². The SMILES string of the molecule is Cc1cc(C(F)F)n(C)n1. The Morgan fingerprint density at radius 1 is 1.60 bits per heavy atom. The molecule has 0 radical (unpaired) electrons. The number of aromatic nitrogens is 2. The maximum atomic E-state index is 12.0. The van der Waals surface area contributed by atoms with E-state index in [1.54, 1.807) is 6.92 Å². The number of aryl methyl sites for hydroxylation is 2. The first kappa shape index (κ1) is 7.18. The van der Waals surface area contributed by atoms with E-state index in [1.807, 2.05) is 0 Å². The van der Waals surface area contributed by atoms with Crippen LogP contribution in [0.5, 0.6) is 0 Å². The Hall–Kier alpha value is -0.930. The van der Waals surface area contributed by atoms with Crippen LogP contribution in [0.1, 0.15) is 17.8 Å². The normalized spacial score (nSPS) is 10.9. The van der Waals surface area contributed by atoms with Gasteiger partial charge in [0.05, 0.1) is 5.69 Å². The summed E-state index contributed by atoms with van der Waals surface area (Å²) >= 11 is 0. The summed E-state index contributed by atoms with van der Waals surface area (Å²) in [6.45, 7) is 1.69. The molecule has 0 amide bonds. The number of rotatable bonds is 1. The Morgan fingerprint density at radius 3 is 2.40 bits per heavy atom. The Bertz CT molecular complexity index is 230. The molecule has 0 atom stereocenters. The summed E-state index contributed by atoms with van der Waals surface area (Å²) in [5.41, 5.74) is 0.593. The van der Waals surface area contributed by atoms with Gasteiger partial charge in [0.25, 0.3) is 6.43 Å². The third-order valence-electron chi connectivity index (χ3n) is 1.26. The molecule has 1 aromatic heterocycles. The van der Waals surface area contributed by atoms with Crippen molar-refractivity contribution >= 4 is 0 Å². The lowest BCUT2D eigenvalue weighted by atomic mass is 10.4. The van der Waals surface area contributed by atoms with Gasteiger partial charge in [0, 0.05) is 7.05 Å². The van der Waals surface area contributed by atoms with Gasteiger partial charge in [-0.15, -0.1) is 0 Å². The van der Waals surface area contributed by atoms with Gasteiger partial charge in [-0.05, 0) is 13.0 Å². The zero-order chi connectivity index (χ0) is 7.72. The van der Waals surface area contributed by atoms with E-state index in [-0.39, 0.29) is 5.69 Å². The predicted molar refractivity (Wildman–Crippen MR) is 32.9 cm³/mol. The predicted octanol–water partition coefficient (Wildman–Crippen LogP) is 1.67. The van der Waals surface area contributed by atoms with Gasteiger partial charge < -0.3 is 0 Å². The second kappa shape index (κ2) is 2.36. The fourth-order valence-electron chi connectivity index (χ4n) is 0.835. The molecule has 0 unspecified atom stereocenters. The number of alkyl halides is 2. The molecule has 0 aliphatic heterocycles. The molecule has 2 nitrogen and oxygen atoms in total. The fraction of sp³-hybridized carbons (Fsp3) is 0.500. The average Bonchev–Trinajstić information content (AvgIpc) is 2.10. The van der Waals surface area contributed by atoms with Crippen molar-refractivity contribution in [1.82, 2.24) is 9.78 Å². The van der Waals surface area contributed by atoms with Crippen LogP contribution in [-0.2, 0) is 7.05 Å². The number of hydrogen-bond donors (Lipinski definition) is 0. The molecule has 0 aliphatic carbocycles. The summed E-state index contributed by atoms with van der Waals surface area (Å²) in [5, 5.41) is 3.77. The molecular formula is C6H8F2N2. The molecule has 1 rings (SSSR count). The van der Waals surface area contributed by atoms with Gasteiger partial charge in [-0.2, -0.15) is 5.10 Å². The van der Waals surface area contributed by atoms with Crippen LogP contribution in [0.4, 0.5) is 8.78 Å². The van der Waals surface area contributed by atoms with Crippen LogP contribution >= 0.6 is 0 Å². The van der Waals surface area contributed by atoms with Crippen molar-refractivity contribution in [2.45, 2.75) is 13.3 Å². The van der Waals surface area contributed by atoms with E-state index in [2.05, 4.69) is 5.10 Å². The van der Waals surface area contributed by atoms with E-state index in [1.165, 1.54) is 17.8 Å². The molecule has 0 spiro atoms. The highest BCUT2D eigenvalue weighted by molar-refractivity contribution is 5.09. The monoisotopic (exact) mass is 146 g/mol. The first-order chi connectivity index (χ1) is 4.61. The second-order valence-electron chi connectivity index (χ2n) is 2.13. The molecule has 0 aromatic carbocycles. The zero-order valence-electron chi connectivity index (χ0n) is 5.81. The van der Waals surface area contributed by atoms with Crippen molar-refractivity contribution in [3.63, 3.8) is 0 Å². The van der Waals surface area contributed by atoms with Gasteiger partial charge in [-0.1, -0.05) is 0 Å². The second-order valence-corrected chi connectivity index (χ2v) is 2.13. The fourth-order valence-corrected chi connectivity index (χ4v) is 0.835. The Labute approximate surface area is 57.5 Å². The third kappa shape index (κ3) is 1.15. The molecule has 1 aromatic rings. The first-order valence-electron chi connectivity index (χ1n) is 2.90. The van der Waals surface area contributed by atoms with Gasteiger partial charge >= 0.3 is 0 Å². The van der Waals surface area contributed by atoms with E-state index < -0.39 is 6.43 Å². The molecule has 0 saturated carbocycles. The van der Waals surface area contributed by atoms with E-state index in [4.69, 9.17) is 0 Å². The summed E-state index contributed by atoms with van der Waals surface area (Å²) in [7, 11) is 1.51. The van der Waals surface area contributed by atoms with E-state index in [9.17, 15) is 8.78 Å². The lowest BCUT2D eigenvalue weighted by Crippen LogP contribution is -1.97. The lowest BCUT2D eigenvalue weighted by molar-refractivity contribution is 0.141. The average molecular weight is 146 g/mol. The minimum Gasteiger partial charge on any atom is -0.267 e. The molecule has 4 heteroatoms. The molecule has 10 heavy (non-hydrogen) atoms. The van der Waals surface area contributed by atoms with Crippen molar-refractivity contribution in [1.29, 1.82) is 0 Å². The highest BCUT2D eigenvalue weighted by atomic mass is 19.3. The lowest BCUT2D eigenvalue weighted by Gasteiger charge is -1.96. The molecule has 0 N–H and O–H groups in total. The topological polar surface area (TPSA) is 17.8 Å². The van der Waals surface area contributed by atoms with E-state index in [0.717, 1.165) is 0 Å². The summed E-state index contributed by atoms with van der Waals surface area (Å²) in [5.74, 6) is 0. The summed E-state index contributed by atoms with van der Waals surface area (Å²) in [4.78, 5) is 0. The van der Waals surface area contributed by atoms with Crippen LogP contribution in [0.25, 0.3) is 0 Å². The maximum absolute atomic E-state index is 12.0. The van der Waals surface area contributed by atoms with E-state index in [0.29, 0.717) is 5.69 Å². The van der Waals surface area contributed by atoms with Crippen molar-refractivity contribution in [3.05, 3.63) is 17.5 Å². The van der Waals surface area contributed by atoms with Crippen molar-refractivity contribution in [2.75, 3.05) is 0 Å². The highest BCUT2D eigenvalue weighted by Gasteiger charge is 2.11. The van der Waals surface area contributed by atoms with Crippen LogP contribution in [-0.4, -0.2) is 9.78 Å². The van der Waals surface area contributed by atoms with Crippen molar-refractivity contribution in [3.8, 4) is 0 Å². The minimum absolute atomic E-state index is 0.0301. The molecule has 0 fully saturated rings. The largest absolute Gasteiger partial charge is 0.280 e. The smallest absolute Gasteiger partial charge is 0.267 e. The first-order valence-corrected chi connectivity index (χ1v) is 2.90. The van der Waals surface area contributed by atoms with Gasteiger partial charge in [-0.3, -0.25) is 4.68 Å². The van der Waals surface area contributed by atoms with Crippen LogP contribution in [0.2, 0.25) is 0 Å². The molecule has 0 bridgehead atoms. The quantitative estimate of drug-likeness (QED) is 0.589. The Kier molecular flexibility index (Phi) is 1.70. The zero-order valence-corrected chi connectivity index (χ0v) is 5.81. The van der Waals surface area contributed by atoms with Crippen molar-refractivity contribution < 1.29 is 8.78 Å². The van der Waals surface area contributed by atoms with Gasteiger partial charge in [0.1, 0.15) is 5.69 Å². The Morgan fingerprint density at radius 2 is 2.20 bits per heavy atom. The van der Waals surface area contributed by atoms with Crippen molar-refractivity contribution in [2.24, 2.45) is 7.05 Å². The summed E-state index contributed by atoms with van der Waals surface area (Å²) in [6, 6.07) is 1.38. The molecule has 0 aliphatic rings. The standard InChI is InChI=1S/C6H8F2N2/c1-4-3-5(6(7)8)10(2)9-4/h3,6H,1-2H3. The van der Waals surface area contributed by atoms with Crippen LogP contribution < -0.4 is 0 Å². The number of nitrogens with zero attached hydrogens (tertiary/aromatic N) is 2.